The number of nitrogens with one attached hydrogen (secondary N) is 1. The van der Waals surface area contributed by atoms with Crippen molar-refractivity contribution in [2.24, 2.45) is 0 Å². The highest BCUT2D eigenvalue weighted by molar-refractivity contribution is 6.33. The van der Waals surface area contributed by atoms with Crippen LogP contribution in [0.4, 0.5) is 0 Å². The molecule has 6 heteroatoms. The first-order chi connectivity index (χ1) is 13.3. The van der Waals surface area contributed by atoms with Gasteiger partial charge < -0.3 is 9.40 Å². The Labute approximate surface area is 159 Å². The van der Waals surface area contributed by atoms with E-state index in [2.05, 4.69) is 20.2 Å². The molecule has 2 aromatic heterocycles. The van der Waals surface area contributed by atoms with Crippen molar-refractivity contribution < 1.29 is 4.42 Å². The Bertz CT molecular complexity index is 1220. The third-order valence-electron chi connectivity index (χ3n) is 4.33. The van der Waals surface area contributed by atoms with Crippen molar-refractivity contribution in [1.82, 2.24) is 20.2 Å². The summed E-state index contributed by atoms with van der Waals surface area (Å²) in [6, 6.07) is 23.1. The molecule has 1 N–H and O–H groups in total. The summed E-state index contributed by atoms with van der Waals surface area (Å²) in [5.41, 5.74) is 4.29. The molecular formula is C21H13ClN4O. The molecule has 0 spiro atoms. The minimum Gasteiger partial charge on any atom is -0.416 e. The SMILES string of the molecule is Clc1ccccc1-c1nnc(-c2ccccc2-c2nc3ccccc3[nH]2)o1. The van der Waals surface area contributed by atoms with E-state index >= 15 is 0 Å². The van der Waals surface area contributed by atoms with Crippen molar-refractivity contribution in [2.45, 2.75) is 0 Å². The van der Waals surface area contributed by atoms with E-state index in [0.717, 1.165) is 28.0 Å². The van der Waals surface area contributed by atoms with Gasteiger partial charge in [0, 0.05) is 11.1 Å². The first-order valence-electron chi connectivity index (χ1n) is 8.42. The molecule has 0 aliphatic carbocycles. The summed E-state index contributed by atoms with van der Waals surface area (Å²) >= 11 is 6.24. The van der Waals surface area contributed by atoms with Crippen molar-refractivity contribution in [3.05, 3.63) is 77.8 Å². The standard InChI is InChI=1S/C21H13ClN4O/c22-16-10-4-3-9-15(16)21-26-25-20(27-21)14-8-2-1-7-13(14)19-23-17-11-5-6-12-18(17)24-19/h1-12H,(H,23,24). The van der Waals surface area contributed by atoms with Gasteiger partial charge in [-0.15, -0.1) is 10.2 Å². The quantitative estimate of drug-likeness (QED) is 0.447. The van der Waals surface area contributed by atoms with Crippen molar-refractivity contribution in [2.75, 3.05) is 0 Å². The van der Waals surface area contributed by atoms with E-state index in [1.807, 2.05) is 66.7 Å². The molecule has 0 fully saturated rings. The molecule has 0 unspecified atom stereocenters. The monoisotopic (exact) mass is 372 g/mol. The van der Waals surface area contributed by atoms with Crippen LogP contribution in [0.3, 0.4) is 0 Å². The Morgan fingerprint density at radius 1 is 0.704 bits per heavy atom. The number of imidazole rings is 1. The Morgan fingerprint density at radius 3 is 2.11 bits per heavy atom. The number of hydrogen-bond donors (Lipinski definition) is 1. The van der Waals surface area contributed by atoms with Gasteiger partial charge in [-0.25, -0.2) is 4.98 Å². The summed E-state index contributed by atoms with van der Waals surface area (Å²) in [6.45, 7) is 0. The average molecular weight is 373 g/mol. The Hall–Kier alpha value is -3.44. The molecule has 0 aliphatic rings. The van der Waals surface area contributed by atoms with E-state index in [4.69, 9.17) is 16.0 Å². The average Bonchev–Trinajstić information content (AvgIpc) is 3.35. The molecule has 130 valence electrons. The fourth-order valence-electron chi connectivity index (χ4n) is 3.03. The van der Waals surface area contributed by atoms with Gasteiger partial charge in [0.2, 0.25) is 11.8 Å². The van der Waals surface area contributed by atoms with Crippen LogP contribution >= 0.6 is 11.6 Å². The number of hydrogen-bond acceptors (Lipinski definition) is 4. The van der Waals surface area contributed by atoms with E-state index < -0.39 is 0 Å². The van der Waals surface area contributed by atoms with Crippen molar-refractivity contribution in [3.8, 4) is 34.3 Å². The number of benzene rings is 3. The van der Waals surface area contributed by atoms with Gasteiger partial charge in [-0.05, 0) is 30.3 Å². The summed E-state index contributed by atoms with van der Waals surface area (Å²) in [4.78, 5) is 8.03. The lowest BCUT2D eigenvalue weighted by molar-refractivity contribution is 0.585. The summed E-state index contributed by atoms with van der Waals surface area (Å²) < 4.78 is 5.92. The number of para-hydroxylation sites is 2. The zero-order chi connectivity index (χ0) is 18.2. The van der Waals surface area contributed by atoms with Crippen LogP contribution < -0.4 is 0 Å². The van der Waals surface area contributed by atoms with Gasteiger partial charge >= 0.3 is 0 Å². The molecule has 2 heterocycles. The van der Waals surface area contributed by atoms with Gasteiger partial charge in [-0.3, -0.25) is 0 Å². The molecule has 0 amide bonds. The topological polar surface area (TPSA) is 67.6 Å². The van der Waals surface area contributed by atoms with Crippen LogP contribution in [-0.2, 0) is 0 Å². The van der Waals surface area contributed by atoms with Crippen LogP contribution in [-0.4, -0.2) is 20.2 Å². The van der Waals surface area contributed by atoms with E-state index in [0.29, 0.717) is 22.4 Å². The number of H-pyrrole nitrogens is 1. The van der Waals surface area contributed by atoms with E-state index in [-0.39, 0.29) is 0 Å². The molecule has 0 saturated heterocycles. The lowest BCUT2D eigenvalue weighted by Gasteiger charge is -2.03. The van der Waals surface area contributed by atoms with E-state index in [9.17, 15) is 0 Å². The molecule has 3 aromatic carbocycles. The first kappa shape index (κ1) is 15.8. The van der Waals surface area contributed by atoms with Gasteiger partial charge in [-0.1, -0.05) is 54.1 Å². The molecule has 0 atom stereocenters. The van der Waals surface area contributed by atoms with Gasteiger partial charge in [-0.2, -0.15) is 0 Å². The third kappa shape index (κ3) is 2.78. The van der Waals surface area contributed by atoms with E-state index in [1.165, 1.54) is 0 Å². The fourth-order valence-corrected chi connectivity index (χ4v) is 3.25. The van der Waals surface area contributed by atoms with Gasteiger partial charge in [0.1, 0.15) is 5.82 Å². The molecule has 0 radical (unpaired) electrons. The second kappa shape index (κ2) is 6.37. The maximum Gasteiger partial charge on any atom is 0.249 e. The second-order valence-electron chi connectivity index (χ2n) is 6.04. The lowest BCUT2D eigenvalue weighted by Crippen LogP contribution is -1.87. The van der Waals surface area contributed by atoms with Crippen molar-refractivity contribution in [3.63, 3.8) is 0 Å². The largest absolute Gasteiger partial charge is 0.416 e. The number of nitrogens with zero attached hydrogens (tertiary/aromatic N) is 3. The van der Waals surface area contributed by atoms with Crippen LogP contribution in [0.1, 0.15) is 0 Å². The number of fused-ring (bicyclic) bond motifs is 1. The molecule has 5 rings (SSSR count). The van der Waals surface area contributed by atoms with Crippen LogP contribution in [0.5, 0.6) is 0 Å². The first-order valence-corrected chi connectivity index (χ1v) is 8.80. The predicted octanol–water partition coefficient (Wildman–Crippen LogP) is 5.60. The number of aromatic amines is 1. The lowest BCUT2D eigenvalue weighted by atomic mass is 10.1. The van der Waals surface area contributed by atoms with Crippen LogP contribution in [0.15, 0.2) is 77.2 Å². The van der Waals surface area contributed by atoms with Gasteiger partial charge in [0.25, 0.3) is 0 Å². The van der Waals surface area contributed by atoms with Crippen LogP contribution in [0.2, 0.25) is 5.02 Å². The summed E-state index contributed by atoms with van der Waals surface area (Å²) in [5, 5.41) is 8.96. The predicted molar refractivity (Wildman–Crippen MR) is 105 cm³/mol. The maximum atomic E-state index is 6.24. The molecule has 0 saturated carbocycles. The Kier molecular flexibility index (Phi) is 3.73. The molecule has 27 heavy (non-hydrogen) atoms. The molecule has 5 nitrogen and oxygen atoms in total. The Morgan fingerprint density at radius 2 is 1.33 bits per heavy atom. The number of halogens is 1. The molecular weight excluding hydrogens is 360 g/mol. The third-order valence-corrected chi connectivity index (χ3v) is 4.66. The van der Waals surface area contributed by atoms with Crippen LogP contribution in [0.25, 0.3) is 45.3 Å². The maximum absolute atomic E-state index is 6.24. The smallest absolute Gasteiger partial charge is 0.249 e. The van der Waals surface area contributed by atoms with Crippen molar-refractivity contribution >= 4 is 22.6 Å². The zero-order valence-electron chi connectivity index (χ0n) is 14.1. The molecule has 5 aromatic rings. The van der Waals surface area contributed by atoms with Gasteiger partial charge in [0.15, 0.2) is 0 Å². The number of aromatic nitrogens is 4. The normalized spacial score (nSPS) is 11.1. The minimum absolute atomic E-state index is 0.384. The highest BCUT2D eigenvalue weighted by Gasteiger charge is 2.17. The van der Waals surface area contributed by atoms with Gasteiger partial charge in [0.05, 0.1) is 21.6 Å². The van der Waals surface area contributed by atoms with Crippen molar-refractivity contribution in [1.29, 1.82) is 0 Å². The second-order valence-corrected chi connectivity index (χ2v) is 6.45. The molecule has 0 bridgehead atoms. The van der Waals surface area contributed by atoms with E-state index in [1.54, 1.807) is 6.07 Å². The Balaban J connectivity index is 1.62. The minimum atomic E-state index is 0.384. The number of rotatable bonds is 3. The van der Waals surface area contributed by atoms with Crippen LogP contribution in [0, 0.1) is 0 Å². The highest BCUT2D eigenvalue weighted by atomic mass is 35.5. The molecule has 0 aliphatic heterocycles. The summed E-state index contributed by atoms with van der Waals surface area (Å²) in [7, 11) is 0. The zero-order valence-corrected chi connectivity index (χ0v) is 14.8. The highest BCUT2D eigenvalue weighted by Crippen LogP contribution is 2.33. The summed E-state index contributed by atoms with van der Waals surface area (Å²) in [5.74, 6) is 1.56. The fraction of sp³-hybridized carbons (Fsp3) is 0. The summed E-state index contributed by atoms with van der Waals surface area (Å²) in [6.07, 6.45) is 0.